The van der Waals surface area contributed by atoms with E-state index in [1.54, 1.807) is 7.11 Å². The van der Waals surface area contributed by atoms with Crippen LogP contribution >= 0.6 is 0 Å². The zero-order valence-electron chi connectivity index (χ0n) is 12.0. The summed E-state index contributed by atoms with van der Waals surface area (Å²) in [6.07, 6.45) is 1.07. The summed E-state index contributed by atoms with van der Waals surface area (Å²) in [5.41, 5.74) is 1.18. The highest BCUT2D eigenvalue weighted by molar-refractivity contribution is 5.40. The van der Waals surface area contributed by atoms with Crippen molar-refractivity contribution in [2.75, 3.05) is 20.3 Å². The molecular formula is C15H25NO2. The molecule has 0 aliphatic rings. The van der Waals surface area contributed by atoms with E-state index in [1.807, 2.05) is 12.1 Å². The van der Waals surface area contributed by atoms with Gasteiger partial charge in [0.15, 0.2) is 0 Å². The number of rotatable bonds is 8. The Balaban J connectivity index is 2.69. The van der Waals surface area contributed by atoms with Crippen molar-refractivity contribution in [2.24, 2.45) is 5.92 Å². The zero-order chi connectivity index (χ0) is 13.4. The molecule has 0 heterocycles. The third-order valence-electron chi connectivity index (χ3n) is 2.79. The van der Waals surface area contributed by atoms with Crippen molar-refractivity contribution < 1.29 is 9.47 Å². The molecule has 0 saturated carbocycles. The first-order chi connectivity index (χ1) is 8.67. The van der Waals surface area contributed by atoms with Crippen LogP contribution in [0.5, 0.6) is 11.5 Å². The van der Waals surface area contributed by atoms with Gasteiger partial charge in [-0.3, -0.25) is 0 Å². The second-order valence-electron chi connectivity index (χ2n) is 4.78. The van der Waals surface area contributed by atoms with Gasteiger partial charge in [-0.1, -0.05) is 26.8 Å². The van der Waals surface area contributed by atoms with Crippen molar-refractivity contribution in [3.05, 3.63) is 23.8 Å². The van der Waals surface area contributed by atoms with Crippen molar-refractivity contribution in [3.8, 4) is 11.5 Å². The summed E-state index contributed by atoms with van der Waals surface area (Å²) in [4.78, 5) is 0. The van der Waals surface area contributed by atoms with E-state index in [1.165, 1.54) is 5.56 Å². The molecule has 0 bridgehead atoms. The average Bonchev–Trinajstić information content (AvgIpc) is 2.36. The van der Waals surface area contributed by atoms with Gasteiger partial charge < -0.3 is 14.8 Å². The van der Waals surface area contributed by atoms with E-state index < -0.39 is 0 Å². The Morgan fingerprint density at radius 3 is 2.67 bits per heavy atom. The number of benzene rings is 1. The van der Waals surface area contributed by atoms with Crippen LogP contribution in [0.25, 0.3) is 0 Å². The summed E-state index contributed by atoms with van der Waals surface area (Å²) in [7, 11) is 1.68. The highest BCUT2D eigenvalue weighted by Gasteiger charge is 2.06. The number of hydrogen-bond acceptors (Lipinski definition) is 3. The number of methoxy groups -OCH3 is 1. The van der Waals surface area contributed by atoms with Crippen LogP contribution in [0, 0.1) is 5.92 Å². The van der Waals surface area contributed by atoms with E-state index >= 15 is 0 Å². The van der Waals surface area contributed by atoms with E-state index in [0.29, 0.717) is 5.92 Å². The molecule has 0 aliphatic carbocycles. The van der Waals surface area contributed by atoms with Crippen molar-refractivity contribution in [3.63, 3.8) is 0 Å². The molecule has 0 spiro atoms. The fourth-order valence-corrected chi connectivity index (χ4v) is 1.61. The average molecular weight is 251 g/mol. The number of ether oxygens (including phenoxy) is 2. The van der Waals surface area contributed by atoms with Gasteiger partial charge >= 0.3 is 0 Å². The maximum Gasteiger partial charge on any atom is 0.127 e. The first-order valence-corrected chi connectivity index (χ1v) is 6.67. The van der Waals surface area contributed by atoms with Crippen LogP contribution in [-0.2, 0) is 6.54 Å². The molecule has 0 radical (unpaired) electrons. The molecule has 18 heavy (non-hydrogen) atoms. The van der Waals surface area contributed by atoms with Crippen molar-refractivity contribution in [1.82, 2.24) is 5.32 Å². The molecule has 102 valence electrons. The van der Waals surface area contributed by atoms with Gasteiger partial charge in [0.1, 0.15) is 11.5 Å². The molecule has 3 heteroatoms. The Hall–Kier alpha value is -1.22. The van der Waals surface area contributed by atoms with Crippen LogP contribution in [0.15, 0.2) is 18.2 Å². The molecule has 0 fully saturated rings. The van der Waals surface area contributed by atoms with Crippen LogP contribution in [0.2, 0.25) is 0 Å². The summed E-state index contributed by atoms with van der Waals surface area (Å²) in [6, 6.07) is 6.00. The summed E-state index contributed by atoms with van der Waals surface area (Å²) in [5, 5.41) is 3.32. The highest BCUT2D eigenvalue weighted by Crippen LogP contribution is 2.25. The molecule has 0 amide bonds. The summed E-state index contributed by atoms with van der Waals surface area (Å²) >= 11 is 0. The monoisotopic (exact) mass is 251 g/mol. The number of hydrogen-bond donors (Lipinski definition) is 1. The Labute approximate surface area is 110 Å². The summed E-state index contributed by atoms with van der Waals surface area (Å²) in [6.45, 7) is 9.05. The largest absolute Gasteiger partial charge is 0.497 e. The van der Waals surface area contributed by atoms with E-state index in [4.69, 9.17) is 9.47 Å². The lowest BCUT2D eigenvalue weighted by atomic mass is 10.1. The first kappa shape index (κ1) is 14.8. The van der Waals surface area contributed by atoms with Gasteiger partial charge in [0, 0.05) is 18.2 Å². The van der Waals surface area contributed by atoms with Gasteiger partial charge in [-0.2, -0.15) is 0 Å². The predicted octanol–water partition coefficient (Wildman–Crippen LogP) is 3.23. The molecule has 1 rings (SSSR count). The van der Waals surface area contributed by atoms with Crippen LogP contribution in [0.1, 0.15) is 32.8 Å². The van der Waals surface area contributed by atoms with Crippen molar-refractivity contribution >= 4 is 0 Å². The normalized spacial score (nSPS) is 10.7. The van der Waals surface area contributed by atoms with E-state index in [2.05, 4.69) is 32.2 Å². The number of nitrogens with one attached hydrogen (secondary N) is 1. The SMILES string of the molecule is CCNCc1ccc(OC)cc1OCCC(C)C. The van der Waals surface area contributed by atoms with Gasteiger partial charge in [-0.25, -0.2) is 0 Å². The van der Waals surface area contributed by atoms with Gasteiger partial charge in [0.25, 0.3) is 0 Å². The maximum absolute atomic E-state index is 5.87. The minimum absolute atomic E-state index is 0.660. The van der Waals surface area contributed by atoms with E-state index in [9.17, 15) is 0 Å². The standard InChI is InChI=1S/C15H25NO2/c1-5-16-11-13-6-7-14(17-4)10-15(13)18-9-8-12(2)3/h6-7,10,12,16H,5,8-9,11H2,1-4H3. The molecule has 3 nitrogen and oxygen atoms in total. The lowest BCUT2D eigenvalue weighted by Crippen LogP contribution is -2.13. The molecule has 0 aliphatic heterocycles. The Morgan fingerprint density at radius 1 is 1.28 bits per heavy atom. The van der Waals surface area contributed by atoms with Crippen molar-refractivity contribution in [1.29, 1.82) is 0 Å². The summed E-state index contributed by atoms with van der Waals surface area (Å²) in [5.74, 6) is 2.43. The van der Waals surface area contributed by atoms with Gasteiger partial charge in [0.05, 0.1) is 13.7 Å². The van der Waals surface area contributed by atoms with Gasteiger partial charge in [-0.15, -0.1) is 0 Å². The van der Waals surface area contributed by atoms with Crippen LogP contribution in [0.4, 0.5) is 0 Å². The van der Waals surface area contributed by atoms with Crippen LogP contribution in [-0.4, -0.2) is 20.3 Å². The van der Waals surface area contributed by atoms with Crippen LogP contribution < -0.4 is 14.8 Å². The fraction of sp³-hybridized carbons (Fsp3) is 0.600. The minimum Gasteiger partial charge on any atom is -0.497 e. The quantitative estimate of drug-likeness (QED) is 0.769. The van der Waals surface area contributed by atoms with Crippen LogP contribution in [0.3, 0.4) is 0 Å². The second-order valence-corrected chi connectivity index (χ2v) is 4.78. The summed E-state index contributed by atoms with van der Waals surface area (Å²) < 4.78 is 11.1. The molecule has 0 aromatic heterocycles. The topological polar surface area (TPSA) is 30.5 Å². The molecule has 0 unspecified atom stereocenters. The Kier molecular flexibility index (Phi) is 6.58. The molecule has 1 aromatic rings. The maximum atomic E-state index is 5.87. The third-order valence-corrected chi connectivity index (χ3v) is 2.79. The Bertz CT molecular complexity index is 350. The molecule has 1 aromatic carbocycles. The molecule has 0 atom stereocenters. The second kappa shape index (κ2) is 7.98. The zero-order valence-corrected chi connectivity index (χ0v) is 12.0. The van der Waals surface area contributed by atoms with Crippen molar-refractivity contribution in [2.45, 2.75) is 33.7 Å². The minimum atomic E-state index is 0.660. The predicted molar refractivity (Wildman–Crippen MR) is 75.3 cm³/mol. The van der Waals surface area contributed by atoms with Gasteiger partial charge in [0.2, 0.25) is 0 Å². The Morgan fingerprint density at radius 2 is 2.06 bits per heavy atom. The lowest BCUT2D eigenvalue weighted by Gasteiger charge is -2.14. The lowest BCUT2D eigenvalue weighted by molar-refractivity contribution is 0.284. The fourth-order valence-electron chi connectivity index (χ4n) is 1.61. The molecule has 1 N–H and O–H groups in total. The molecule has 0 saturated heterocycles. The highest BCUT2D eigenvalue weighted by atomic mass is 16.5. The first-order valence-electron chi connectivity index (χ1n) is 6.67. The van der Waals surface area contributed by atoms with E-state index in [0.717, 1.165) is 37.6 Å². The van der Waals surface area contributed by atoms with E-state index in [-0.39, 0.29) is 0 Å². The molecular weight excluding hydrogens is 226 g/mol. The third kappa shape index (κ3) is 4.96. The van der Waals surface area contributed by atoms with Gasteiger partial charge in [-0.05, 0) is 24.9 Å². The smallest absolute Gasteiger partial charge is 0.127 e.